The van der Waals surface area contributed by atoms with Crippen molar-refractivity contribution in [3.8, 4) is 0 Å². The van der Waals surface area contributed by atoms with Crippen LogP contribution >= 0.6 is 11.8 Å². The first kappa shape index (κ1) is 10.4. The summed E-state index contributed by atoms with van der Waals surface area (Å²) < 4.78 is 0. The van der Waals surface area contributed by atoms with Gasteiger partial charge in [-0.1, -0.05) is 24.3 Å². The topological polar surface area (TPSA) is 37.4 Å². The van der Waals surface area contributed by atoms with Gasteiger partial charge in [-0.05, 0) is 17.6 Å². The highest BCUT2D eigenvalue weighted by Gasteiger charge is 2.62. The standard InChI is InChI=1S/C14H11NO2S/c16-12-10-3-1-2-4-11(10)13(17)14(12)6-5-9-7-18-8-15(9)14/h1-7,10-11H,8H2. The van der Waals surface area contributed by atoms with Crippen LogP contribution in [-0.2, 0) is 9.59 Å². The zero-order valence-electron chi connectivity index (χ0n) is 9.58. The van der Waals surface area contributed by atoms with E-state index in [-0.39, 0.29) is 23.4 Å². The van der Waals surface area contributed by atoms with Gasteiger partial charge in [0, 0.05) is 5.70 Å². The minimum absolute atomic E-state index is 0.0280. The van der Waals surface area contributed by atoms with Crippen LogP contribution in [0.4, 0.5) is 0 Å². The number of ketones is 2. The lowest BCUT2D eigenvalue weighted by molar-refractivity contribution is -0.132. The molecule has 0 aromatic heterocycles. The third-order valence-corrected chi connectivity index (χ3v) is 4.95. The van der Waals surface area contributed by atoms with Crippen molar-refractivity contribution >= 4 is 23.3 Å². The predicted octanol–water partition coefficient (Wildman–Crippen LogP) is 1.65. The number of nitrogens with zero attached hydrogens (tertiary/aromatic N) is 1. The van der Waals surface area contributed by atoms with Crippen molar-refractivity contribution in [3.05, 3.63) is 47.6 Å². The number of rotatable bonds is 0. The van der Waals surface area contributed by atoms with Crippen molar-refractivity contribution in [2.24, 2.45) is 11.8 Å². The molecule has 2 aliphatic heterocycles. The lowest BCUT2D eigenvalue weighted by Gasteiger charge is -2.31. The first-order valence-corrected chi connectivity index (χ1v) is 7.02. The third kappa shape index (κ3) is 0.988. The summed E-state index contributed by atoms with van der Waals surface area (Å²) in [5.41, 5.74) is -0.0303. The summed E-state index contributed by atoms with van der Waals surface area (Å²) in [6.07, 6.45) is 11.1. The largest absolute Gasteiger partial charge is 0.339 e. The lowest BCUT2D eigenvalue weighted by Crippen LogP contribution is -2.51. The van der Waals surface area contributed by atoms with E-state index in [9.17, 15) is 9.59 Å². The summed E-state index contributed by atoms with van der Waals surface area (Å²) in [4.78, 5) is 27.3. The van der Waals surface area contributed by atoms with Crippen LogP contribution in [0.3, 0.4) is 0 Å². The van der Waals surface area contributed by atoms with Gasteiger partial charge in [-0.2, -0.15) is 0 Å². The maximum atomic E-state index is 12.7. The van der Waals surface area contributed by atoms with Gasteiger partial charge in [0.2, 0.25) is 0 Å². The maximum absolute atomic E-state index is 12.7. The number of allylic oxidation sites excluding steroid dienone is 5. The molecule has 0 saturated heterocycles. The van der Waals surface area contributed by atoms with E-state index in [1.807, 2.05) is 40.7 Å². The molecule has 0 N–H and O–H groups in total. The first-order chi connectivity index (χ1) is 8.75. The molecule has 4 heteroatoms. The number of carbonyl (C=O) groups excluding carboxylic acids is 2. The summed E-state index contributed by atoms with van der Waals surface area (Å²) in [6.45, 7) is 0. The van der Waals surface area contributed by atoms with Gasteiger partial charge in [0.05, 0.1) is 17.7 Å². The number of thioether (sulfide) groups is 1. The molecule has 2 unspecified atom stereocenters. The van der Waals surface area contributed by atoms with Crippen LogP contribution in [0, 0.1) is 11.8 Å². The van der Waals surface area contributed by atoms with E-state index in [1.165, 1.54) is 0 Å². The SMILES string of the molecule is O=C1C2C=CC=CC2C(=O)C12C=CC1=CSCN12. The minimum Gasteiger partial charge on any atom is -0.339 e. The van der Waals surface area contributed by atoms with Crippen LogP contribution < -0.4 is 0 Å². The highest BCUT2D eigenvalue weighted by Crippen LogP contribution is 2.48. The van der Waals surface area contributed by atoms with Crippen molar-refractivity contribution in [2.75, 3.05) is 5.88 Å². The number of hydrogen-bond donors (Lipinski definition) is 0. The Bertz CT molecular complexity index is 555. The van der Waals surface area contributed by atoms with Crippen LogP contribution in [0.5, 0.6) is 0 Å². The summed E-state index contributed by atoms with van der Waals surface area (Å²) in [6, 6.07) is 0. The Morgan fingerprint density at radius 3 is 2.50 bits per heavy atom. The van der Waals surface area contributed by atoms with E-state index < -0.39 is 5.54 Å². The Hall–Kier alpha value is -1.55. The smallest absolute Gasteiger partial charge is 0.179 e. The van der Waals surface area contributed by atoms with Crippen LogP contribution in [0.15, 0.2) is 47.6 Å². The molecule has 4 aliphatic rings. The van der Waals surface area contributed by atoms with E-state index in [1.54, 1.807) is 17.8 Å². The molecular weight excluding hydrogens is 246 g/mol. The number of fused-ring (bicyclic) bond motifs is 3. The Balaban J connectivity index is 1.87. The zero-order valence-corrected chi connectivity index (χ0v) is 10.4. The molecule has 90 valence electrons. The average molecular weight is 257 g/mol. The number of carbonyl (C=O) groups is 2. The lowest BCUT2D eigenvalue weighted by atomic mass is 9.91. The van der Waals surface area contributed by atoms with Gasteiger partial charge in [-0.3, -0.25) is 9.59 Å². The van der Waals surface area contributed by atoms with Gasteiger partial charge < -0.3 is 4.90 Å². The highest BCUT2D eigenvalue weighted by atomic mass is 32.2. The normalized spacial score (nSPS) is 39.8. The number of hydrogen-bond acceptors (Lipinski definition) is 4. The molecule has 0 aromatic rings. The van der Waals surface area contributed by atoms with Crippen molar-refractivity contribution in [1.82, 2.24) is 4.90 Å². The molecule has 0 aromatic carbocycles. The zero-order chi connectivity index (χ0) is 12.3. The fourth-order valence-electron chi connectivity index (χ4n) is 3.23. The van der Waals surface area contributed by atoms with Crippen molar-refractivity contribution < 1.29 is 9.59 Å². The Morgan fingerprint density at radius 2 is 1.83 bits per heavy atom. The molecule has 0 bridgehead atoms. The van der Waals surface area contributed by atoms with E-state index in [0.29, 0.717) is 5.88 Å². The van der Waals surface area contributed by atoms with E-state index in [2.05, 4.69) is 0 Å². The fraction of sp³-hybridized carbons (Fsp3) is 0.286. The summed E-state index contributed by atoms with van der Waals surface area (Å²) in [5.74, 6) is 0.182. The van der Waals surface area contributed by atoms with Crippen molar-refractivity contribution in [2.45, 2.75) is 5.54 Å². The van der Waals surface area contributed by atoms with Crippen molar-refractivity contribution in [3.63, 3.8) is 0 Å². The van der Waals surface area contributed by atoms with Crippen LogP contribution in [0.25, 0.3) is 0 Å². The molecule has 0 radical (unpaired) electrons. The van der Waals surface area contributed by atoms with Crippen LogP contribution in [0.1, 0.15) is 0 Å². The first-order valence-electron chi connectivity index (χ1n) is 5.97. The minimum atomic E-state index is -1.02. The summed E-state index contributed by atoms with van der Waals surface area (Å²) in [7, 11) is 0. The van der Waals surface area contributed by atoms with Gasteiger partial charge in [-0.15, -0.1) is 11.8 Å². The van der Waals surface area contributed by atoms with E-state index in [0.717, 1.165) is 5.70 Å². The Morgan fingerprint density at radius 1 is 1.17 bits per heavy atom. The molecular formula is C14H11NO2S. The fourth-order valence-corrected chi connectivity index (χ4v) is 4.19. The second kappa shape index (κ2) is 3.26. The molecule has 0 amide bonds. The van der Waals surface area contributed by atoms with Gasteiger partial charge >= 0.3 is 0 Å². The Kier molecular flexibility index (Phi) is 1.88. The summed E-state index contributed by atoms with van der Waals surface area (Å²) in [5, 5.41) is 2.01. The molecule has 18 heavy (non-hydrogen) atoms. The third-order valence-electron chi connectivity index (χ3n) is 4.13. The molecule has 1 fully saturated rings. The monoisotopic (exact) mass is 257 g/mol. The van der Waals surface area contributed by atoms with Crippen LogP contribution in [0.2, 0.25) is 0 Å². The summed E-state index contributed by atoms with van der Waals surface area (Å²) >= 11 is 1.64. The van der Waals surface area contributed by atoms with E-state index in [4.69, 9.17) is 0 Å². The van der Waals surface area contributed by atoms with Gasteiger partial charge in [-0.25, -0.2) is 0 Å². The molecule has 1 spiro atoms. The number of Topliss-reactive ketones (excluding diaryl/α,β-unsaturated/α-hetero) is 2. The van der Waals surface area contributed by atoms with Gasteiger partial charge in [0.15, 0.2) is 17.1 Å². The van der Waals surface area contributed by atoms with E-state index >= 15 is 0 Å². The second-order valence-corrected chi connectivity index (χ2v) is 5.74. The van der Waals surface area contributed by atoms with Crippen LogP contribution in [-0.4, -0.2) is 27.9 Å². The molecule has 2 aliphatic carbocycles. The predicted molar refractivity (Wildman–Crippen MR) is 69.5 cm³/mol. The molecule has 4 rings (SSSR count). The second-order valence-electron chi connectivity index (χ2n) is 4.92. The van der Waals surface area contributed by atoms with Gasteiger partial charge in [0.1, 0.15) is 0 Å². The average Bonchev–Trinajstić information content (AvgIpc) is 3.03. The Labute approximate surface area is 109 Å². The quantitative estimate of drug-likeness (QED) is 0.618. The highest BCUT2D eigenvalue weighted by molar-refractivity contribution is 8.02. The van der Waals surface area contributed by atoms with Crippen molar-refractivity contribution in [1.29, 1.82) is 0 Å². The maximum Gasteiger partial charge on any atom is 0.179 e. The molecule has 2 heterocycles. The molecule has 1 saturated carbocycles. The van der Waals surface area contributed by atoms with Gasteiger partial charge in [0.25, 0.3) is 0 Å². The molecule has 3 nitrogen and oxygen atoms in total. The molecule has 2 atom stereocenters.